The Kier molecular flexibility index (Phi) is 3.22. The molecule has 1 aliphatic rings. The Bertz CT molecular complexity index is 517. The highest BCUT2D eigenvalue weighted by Crippen LogP contribution is 2.16. The number of aryl methyl sites for hydroxylation is 1. The predicted octanol–water partition coefficient (Wildman–Crippen LogP) is 3.17. The fourth-order valence-corrected chi connectivity index (χ4v) is 1.69. The van der Waals surface area contributed by atoms with Gasteiger partial charge in [-0.15, -0.1) is 0 Å². The van der Waals surface area contributed by atoms with Crippen molar-refractivity contribution in [2.75, 3.05) is 5.32 Å². The van der Waals surface area contributed by atoms with E-state index in [1.807, 2.05) is 37.3 Å². The molecule has 0 heterocycles. The first-order valence-corrected chi connectivity index (χ1v) is 5.64. The molecule has 2 rings (SSSR count). The van der Waals surface area contributed by atoms with E-state index in [1.54, 1.807) is 0 Å². The molecule has 0 saturated carbocycles. The Morgan fingerprint density at radius 3 is 2.59 bits per heavy atom. The van der Waals surface area contributed by atoms with Crippen LogP contribution < -0.4 is 5.32 Å². The Labute approximate surface area is 101 Å². The van der Waals surface area contributed by atoms with Crippen LogP contribution >= 0.6 is 0 Å². The molecule has 0 radical (unpaired) electrons. The van der Waals surface area contributed by atoms with E-state index in [9.17, 15) is 0 Å². The van der Waals surface area contributed by atoms with Gasteiger partial charge in [0.2, 0.25) is 0 Å². The summed E-state index contributed by atoms with van der Waals surface area (Å²) < 4.78 is 0. The SMILES string of the molecule is Cc1ccc(NC2=CC(=[N+]=[N-])C(C)C=C2)cc1. The van der Waals surface area contributed by atoms with Gasteiger partial charge in [-0.25, -0.2) is 0 Å². The number of anilines is 1. The highest BCUT2D eigenvalue weighted by atomic mass is 14.9. The minimum absolute atomic E-state index is 0.156. The van der Waals surface area contributed by atoms with Gasteiger partial charge >= 0.3 is 5.71 Å². The first-order chi connectivity index (χ1) is 8.19. The lowest BCUT2D eigenvalue weighted by atomic mass is 9.99. The second-order valence-corrected chi connectivity index (χ2v) is 4.26. The standard InChI is InChI=1S/C14H15N3/c1-10-3-6-12(7-4-10)16-13-8-5-11(2)14(9-13)17-15/h3-9,11,16H,1-2H3. The van der Waals surface area contributed by atoms with E-state index in [-0.39, 0.29) is 5.92 Å². The van der Waals surface area contributed by atoms with Crippen LogP contribution in [0.25, 0.3) is 5.53 Å². The smallest absolute Gasteiger partial charge is 0.300 e. The molecule has 1 atom stereocenters. The van der Waals surface area contributed by atoms with Gasteiger partial charge in [0.1, 0.15) is 0 Å². The van der Waals surface area contributed by atoms with Crippen LogP contribution in [0.1, 0.15) is 12.5 Å². The Morgan fingerprint density at radius 1 is 1.24 bits per heavy atom. The van der Waals surface area contributed by atoms with Crippen molar-refractivity contribution in [1.82, 2.24) is 0 Å². The summed E-state index contributed by atoms with van der Waals surface area (Å²) >= 11 is 0. The first kappa shape index (κ1) is 11.4. The van der Waals surface area contributed by atoms with E-state index < -0.39 is 0 Å². The molecule has 86 valence electrons. The van der Waals surface area contributed by atoms with E-state index in [1.165, 1.54) is 5.56 Å². The lowest BCUT2D eigenvalue weighted by Crippen LogP contribution is -2.14. The second kappa shape index (κ2) is 4.81. The molecule has 1 aromatic rings. The normalized spacial score (nSPS) is 18.6. The van der Waals surface area contributed by atoms with Gasteiger partial charge in [0, 0.05) is 17.5 Å². The Balaban J connectivity index is 2.17. The molecule has 0 aliphatic heterocycles. The van der Waals surface area contributed by atoms with Gasteiger partial charge in [0.25, 0.3) is 0 Å². The molecular weight excluding hydrogens is 210 g/mol. The summed E-state index contributed by atoms with van der Waals surface area (Å²) in [6, 6.07) is 8.16. The number of nitrogens with one attached hydrogen (secondary N) is 1. The minimum Gasteiger partial charge on any atom is -0.361 e. The molecule has 0 saturated heterocycles. The quantitative estimate of drug-likeness (QED) is 0.610. The molecule has 3 heteroatoms. The van der Waals surface area contributed by atoms with Crippen LogP contribution in [0.2, 0.25) is 0 Å². The maximum Gasteiger partial charge on any atom is 0.300 e. The lowest BCUT2D eigenvalue weighted by molar-refractivity contribution is -0.00864. The monoisotopic (exact) mass is 225 g/mol. The van der Waals surface area contributed by atoms with Crippen molar-refractivity contribution in [2.45, 2.75) is 13.8 Å². The molecule has 3 nitrogen and oxygen atoms in total. The number of nitrogens with zero attached hydrogens (tertiary/aromatic N) is 2. The summed E-state index contributed by atoms with van der Waals surface area (Å²) in [5.41, 5.74) is 12.7. The zero-order valence-corrected chi connectivity index (χ0v) is 10.0. The Hall–Kier alpha value is -2.12. The predicted molar refractivity (Wildman–Crippen MR) is 69.8 cm³/mol. The zero-order chi connectivity index (χ0) is 12.3. The van der Waals surface area contributed by atoms with Gasteiger partial charge in [-0.3, -0.25) is 0 Å². The summed E-state index contributed by atoms with van der Waals surface area (Å²) in [5.74, 6) is 0.156. The van der Waals surface area contributed by atoms with Crippen molar-refractivity contribution in [3.63, 3.8) is 0 Å². The average molecular weight is 225 g/mol. The van der Waals surface area contributed by atoms with Crippen LogP contribution in [-0.4, -0.2) is 10.5 Å². The van der Waals surface area contributed by atoms with Gasteiger partial charge < -0.3 is 10.8 Å². The maximum atomic E-state index is 8.86. The molecule has 0 amide bonds. The summed E-state index contributed by atoms with van der Waals surface area (Å²) in [5, 5.41) is 3.28. The van der Waals surface area contributed by atoms with Crippen molar-refractivity contribution < 1.29 is 4.79 Å². The van der Waals surface area contributed by atoms with Gasteiger partial charge in [-0.05, 0) is 32.1 Å². The highest BCUT2D eigenvalue weighted by Gasteiger charge is 2.17. The van der Waals surface area contributed by atoms with Crippen LogP contribution in [0.5, 0.6) is 0 Å². The second-order valence-electron chi connectivity index (χ2n) is 4.26. The van der Waals surface area contributed by atoms with Gasteiger partial charge in [0.05, 0.1) is 5.92 Å². The van der Waals surface area contributed by atoms with Gasteiger partial charge in [0.15, 0.2) is 0 Å². The van der Waals surface area contributed by atoms with E-state index in [0.717, 1.165) is 11.4 Å². The number of rotatable bonds is 2. The largest absolute Gasteiger partial charge is 0.361 e. The summed E-state index contributed by atoms with van der Waals surface area (Å²) in [7, 11) is 0. The molecule has 1 N–H and O–H groups in total. The molecule has 0 fully saturated rings. The van der Waals surface area contributed by atoms with Gasteiger partial charge in [-0.1, -0.05) is 23.8 Å². The molecule has 1 aromatic carbocycles. The van der Waals surface area contributed by atoms with Crippen molar-refractivity contribution in [3.8, 4) is 0 Å². The highest BCUT2D eigenvalue weighted by molar-refractivity contribution is 5.96. The number of benzene rings is 1. The van der Waals surface area contributed by atoms with Crippen molar-refractivity contribution in [3.05, 3.63) is 59.3 Å². The fourth-order valence-electron chi connectivity index (χ4n) is 1.69. The third-order valence-corrected chi connectivity index (χ3v) is 2.79. The minimum atomic E-state index is 0.156. The van der Waals surface area contributed by atoms with Crippen LogP contribution in [0.3, 0.4) is 0 Å². The third kappa shape index (κ3) is 2.71. The van der Waals surface area contributed by atoms with Crippen molar-refractivity contribution in [1.29, 1.82) is 0 Å². The number of allylic oxidation sites excluding steroid dienone is 3. The molecule has 0 aromatic heterocycles. The van der Waals surface area contributed by atoms with Crippen molar-refractivity contribution >= 4 is 11.4 Å². The van der Waals surface area contributed by atoms with Crippen LogP contribution in [-0.2, 0) is 0 Å². The topological polar surface area (TPSA) is 48.4 Å². The molecule has 17 heavy (non-hydrogen) atoms. The summed E-state index contributed by atoms with van der Waals surface area (Å²) in [6.45, 7) is 4.05. The van der Waals surface area contributed by atoms with Crippen molar-refractivity contribution in [2.24, 2.45) is 5.92 Å². The van der Waals surface area contributed by atoms with E-state index in [4.69, 9.17) is 5.53 Å². The summed E-state index contributed by atoms with van der Waals surface area (Å²) in [6.07, 6.45) is 5.86. The van der Waals surface area contributed by atoms with Gasteiger partial charge in [-0.2, -0.15) is 4.79 Å². The maximum absolute atomic E-state index is 8.86. The number of hydrogen-bond acceptors (Lipinski definition) is 1. The average Bonchev–Trinajstić information content (AvgIpc) is 2.34. The molecule has 0 bridgehead atoms. The number of hydrogen-bond donors (Lipinski definition) is 1. The first-order valence-electron chi connectivity index (χ1n) is 5.64. The molecule has 1 unspecified atom stereocenters. The van der Waals surface area contributed by atoms with E-state index in [2.05, 4.69) is 29.2 Å². The molecular formula is C14H15N3. The third-order valence-electron chi connectivity index (χ3n) is 2.79. The zero-order valence-electron chi connectivity index (χ0n) is 10.0. The van der Waals surface area contributed by atoms with E-state index in [0.29, 0.717) is 5.71 Å². The van der Waals surface area contributed by atoms with Crippen LogP contribution in [0, 0.1) is 12.8 Å². The molecule has 1 aliphatic carbocycles. The van der Waals surface area contributed by atoms with E-state index >= 15 is 0 Å². The molecule has 0 spiro atoms. The lowest BCUT2D eigenvalue weighted by Gasteiger charge is -2.11. The summed E-state index contributed by atoms with van der Waals surface area (Å²) in [4.78, 5) is 3.28. The fraction of sp³-hybridized carbons (Fsp3) is 0.214. The van der Waals surface area contributed by atoms with Crippen LogP contribution in [0.4, 0.5) is 5.69 Å². The van der Waals surface area contributed by atoms with Crippen LogP contribution in [0.15, 0.2) is 48.2 Å². The Morgan fingerprint density at radius 2 is 1.94 bits per heavy atom.